The maximum Gasteiger partial charge on any atom is 0.276 e. The van der Waals surface area contributed by atoms with Crippen LogP contribution in [-0.2, 0) is 6.54 Å². The molecule has 2 aliphatic rings. The average Bonchev–Trinajstić information content (AvgIpc) is 3.22. The molecule has 2 aliphatic heterocycles. The zero-order valence-corrected chi connectivity index (χ0v) is 12.4. The van der Waals surface area contributed by atoms with Crippen molar-refractivity contribution in [1.82, 2.24) is 25.2 Å². The third-order valence-electron chi connectivity index (χ3n) is 4.33. The van der Waals surface area contributed by atoms with Gasteiger partial charge in [-0.2, -0.15) is 0 Å². The molecule has 1 N–H and O–H groups in total. The van der Waals surface area contributed by atoms with Gasteiger partial charge in [0.25, 0.3) is 5.91 Å². The molecule has 0 radical (unpaired) electrons. The van der Waals surface area contributed by atoms with Gasteiger partial charge in [-0.3, -0.25) is 4.79 Å². The van der Waals surface area contributed by atoms with E-state index in [4.69, 9.17) is 0 Å². The number of fused-ring (bicyclic) bond motifs is 1. The highest BCUT2D eigenvalue weighted by atomic mass is 32.1. The summed E-state index contributed by atoms with van der Waals surface area (Å²) in [7, 11) is 0. The molecule has 2 atom stereocenters. The quantitative estimate of drug-likeness (QED) is 0.906. The van der Waals surface area contributed by atoms with Gasteiger partial charge in [0.05, 0.1) is 12.7 Å². The predicted octanol–water partition coefficient (Wildman–Crippen LogP) is 0.679. The molecular formula is C14H17N5OS. The highest BCUT2D eigenvalue weighted by molar-refractivity contribution is 7.09. The van der Waals surface area contributed by atoms with Crippen molar-refractivity contribution in [2.75, 3.05) is 26.2 Å². The number of likely N-dealkylation sites (tertiary alicyclic amines) is 1. The van der Waals surface area contributed by atoms with Gasteiger partial charge in [-0.25, -0.2) is 4.68 Å². The minimum atomic E-state index is 0.0156. The average molecular weight is 303 g/mol. The number of thiophene rings is 1. The number of carbonyl (C=O) groups excluding carboxylic acids is 1. The van der Waals surface area contributed by atoms with Gasteiger partial charge in [0, 0.05) is 31.1 Å². The molecule has 4 rings (SSSR count). The molecule has 2 aromatic rings. The molecule has 0 spiro atoms. The second-order valence-corrected chi connectivity index (χ2v) is 6.80. The van der Waals surface area contributed by atoms with Crippen LogP contribution in [0.4, 0.5) is 0 Å². The maximum absolute atomic E-state index is 12.5. The lowest BCUT2D eigenvalue weighted by atomic mass is 10.0. The Balaban J connectivity index is 1.44. The van der Waals surface area contributed by atoms with Crippen LogP contribution in [0.3, 0.4) is 0 Å². The molecule has 2 fully saturated rings. The lowest BCUT2D eigenvalue weighted by Gasteiger charge is -2.15. The third-order valence-corrected chi connectivity index (χ3v) is 5.19. The van der Waals surface area contributed by atoms with Crippen molar-refractivity contribution in [2.45, 2.75) is 6.54 Å². The third kappa shape index (κ3) is 2.47. The molecule has 7 heteroatoms. The molecule has 0 aromatic carbocycles. The zero-order chi connectivity index (χ0) is 14.2. The number of nitrogens with one attached hydrogen (secondary N) is 1. The lowest BCUT2D eigenvalue weighted by Crippen LogP contribution is -2.32. The Kier molecular flexibility index (Phi) is 3.23. The van der Waals surface area contributed by atoms with E-state index in [1.54, 1.807) is 22.2 Å². The molecule has 0 saturated carbocycles. The summed E-state index contributed by atoms with van der Waals surface area (Å²) in [6.45, 7) is 4.41. The smallest absolute Gasteiger partial charge is 0.276 e. The van der Waals surface area contributed by atoms with Crippen molar-refractivity contribution in [2.24, 2.45) is 11.8 Å². The van der Waals surface area contributed by atoms with Crippen LogP contribution in [0, 0.1) is 11.8 Å². The summed E-state index contributed by atoms with van der Waals surface area (Å²) >= 11 is 1.68. The van der Waals surface area contributed by atoms with E-state index in [0.29, 0.717) is 24.1 Å². The summed E-state index contributed by atoms with van der Waals surface area (Å²) in [6, 6.07) is 4.07. The molecule has 21 heavy (non-hydrogen) atoms. The van der Waals surface area contributed by atoms with E-state index in [9.17, 15) is 4.79 Å². The minimum absolute atomic E-state index is 0.0156. The first kappa shape index (κ1) is 13.0. The Morgan fingerprint density at radius 3 is 2.90 bits per heavy atom. The van der Waals surface area contributed by atoms with Crippen LogP contribution in [0.2, 0.25) is 0 Å². The second-order valence-electron chi connectivity index (χ2n) is 5.77. The first-order valence-corrected chi connectivity index (χ1v) is 8.10. The van der Waals surface area contributed by atoms with Crippen LogP contribution in [0.1, 0.15) is 15.4 Å². The van der Waals surface area contributed by atoms with Crippen LogP contribution < -0.4 is 5.32 Å². The number of carbonyl (C=O) groups is 1. The van der Waals surface area contributed by atoms with Crippen molar-refractivity contribution < 1.29 is 4.79 Å². The molecule has 2 saturated heterocycles. The van der Waals surface area contributed by atoms with Crippen LogP contribution in [-0.4, -0.2) is 52.0 Å². The Bertz CT molecular complexity index is 626. The van der Waals surface area contributed by atoms with Crippen LogP contribution in [0.25, 0.3) is 0 Å². The summed E-state index contributed by atoms with van der Waals surface area (Å²) in [5, 5.41) is 13.5. The monoisotopic (exact) mass is 303 g/mol. The number of hydrogen-bond acceptors (Lipinski definition) is 5. The molecule has 110 valence electrons. The fourth-order valence-electron chi connectivity index (χ4n) is 3.22. The Hall–Kier alpha value is -1.73. The van der Waals surface area contributed by atoms with Gasteiger partial charge in [0.2, 0.25) is 0 Å². The number of amides is 1. The molecule has 6 nitrogen and oxygen atoms in total. The molecule has 0 aliphatic carbocycles. The van der Waals surface area contributed by atoms with Gasteiger partial charge in [0.15, 0.2) is 5.69 Å². The fraction of sp³-hybridized carbons (Fsp3) is 0.500. The highest BCUT2D eigenvalue weighted by Gasteiger charge is 2.38. The van der Waals surface area contributed by atoms with Crippen molar-refractivity contribution in [3.05, 3.63) is 34.3 Å². The maximum atomic E-state index is 12.5. The zero-order valence-electron chi connectivity index (χ0n) is 11.6. The van der Waals surface area contributed by atoms with Crippen molar-refractivity contribution in [1.29, 1.82) is 0 Å². The van der Waals surface area contributed by atoms with Gasteiger partial charge in [-0.05, 0) is 23.3 Å². The van der Waals surface area contributed by atoms with Gasteiger partial charge in [-0.1, -0.05) is 11.3 Å². The first-order chi connectivity index (χ1) is 10.3. The van der Waals surface area contributed by atoms with Crippen LogP contribution >= 0.6 is 11.3 Å². The number of rotatable bonds is 3. The van der Waals surface area contributed by atoms with Gasteiger partial charge in [0.1, 0.15) is 0 Å². The van der Waals surface area contributed by atoms with Gasteiger partial charge in [-0.15, -0.1) is 16.4 Å². The van der Waals surface area contributed by atoms with Gasteiger partial charge < -0.3 is 10.2 Å². The first-order valence-electron chi connectivity index (χ1n) is 7.22. The van der Waals surface area contributed by atoms with E-state index < -0.39 is 0 Å². The molecule has 1 amide bonds. The Morgan fingerprint density at radius 2 is 2.19 bits per heavy atom. The summed E-state index contributed by atoms with van der Waals surface area (Å²) in [5.74, 6) is 1.23. The highest BCUT2D eigenvalue weighted by Crippen LogP contribution is 2.27. The summed E-state index contributed by atoms with van der Waals surface area (Å²) in [6.07, 6.45) is 1.76. The second kappa shape index (κ2) is 5.23. The number of hydrogen-bond donors (Lipinski definition) is 1. The SMILES string of the molecule is O=C(c1cn(Cc2cccs2)nn1)N1C[C@H]2CNC[C@H]2C1. The molecular weight excluding hydrogens is 286 g/mol. The predicted molar refractivity (Wildman–Crippen MR) is 79.2 cm³/mol. The minimum Gasteiger partial charge on any atom is -0.337 e. The van der Waals surface area contributed by atoms with E-state index in [-0.39, 0.29) is 5.91 Å². The normalized spacial score (nSPS) is 24.5. The van der Waals surface area contributed by atoms with E-state index >= 15 is 0 Å². The van der Waals surface area contributed by atoms with Crippen LogP contribution in [0.15, 0.2) is 23.7 Å². The van der Waals surface area contributed by atoms with E-state index in [1.165, 1.54) is 4.88 Å². The molecule has 2 aromatic heterocycles. The van der Waals surface area contributed by atoms with E-state index in [0.717, 1.165) is 26.2 Å². The fourth-order valence-corrected chi connectivity index (χ4v) is 3.91. The summed E-state index contributed by atoms with van der Waals surface area (Å²) < 4.78 is 1.73. The standard InChI is InChI=1S/C14H17N5OS/c20-14(18-6-10-4-15-5-11(10)7-18)13-9-19(17-16-13)8-12-2-1-3-21-12/h1-3,9-11,15H,4-8H2/t10-,11+. The van der Waals surface area contributed by atoms with Crippen LogP contribution in [0.5, 0.6) is 0 Å². The molecule has 0 unspecified atom stereocenters. The van der Waals surface area contributed by atoms with E-state index in [1.807, 2.05) is 16.3 Å². The number of aromatic nitrogens is 3. The van der Waals surface area contributed by atoms with Crippen molar-refractivity contribution in [3.8, 4) is 0 Å². The number of nitrogens with zero attached hydrogens (tertiary/aromatic N) is 4. The van der Waals surface area contributed by atoms with Crippen molar-refractivity contribution in [3.63, 3.8) is 0 Å². The summed E-state index contributed by atoms with van der Waals surface area (Å²) in [5.41, 5.74) is 0.458. The lowest BCUT2D eigenvalue weighted by molar-refractivity contribution is 0.0776. The molecule has 4 heterocycles. The Labute approximate surface area is 126 Å². The largest absolute Gasteiger partial charge is 0.337 e. The Morgan fingerprint density at radius 1 is 1.38 bits per heavy atom. The molecule has 0 bridgehead atoms. The van der Waals surface area contributed by atoms with Gasteiger partial charge >= 0.3 is 0 Å². The summed E-state index contributed by atoms with van der Waals surface area (Å²) in [4.78, 5) is 15.6. The van der Waals surface area contributed by atoms with Crippen molar-refractivity contribution >= 4 is 17.2 Å². The van der Waals surface area contributed by atoms with E-state index in [2.05, 4.69) is 21.7 Å². The topological polar surface area (TPSA) is 63.1 Å².